The first-order valence-corrected chi connectivity index (χ1v) is 8.39. The number of methoxy groups -OCH3 is 1. The first-order valence-electron chi connectivity index (χ1n) is 8.39. The van der Waals surface area contributed by atoms with Crippen molar-refractivity contribution in [2.24, 2.45) is 0 Å². The number of hydrogen-bond donors (Lipinski definition) is 2. The number of pyridine rings is 1. The predicted octanol–water partition coefficient (Wildman–Crippen LogP) is 3.63. The number of nitrogens with zero attached hydrogens (tertiary/aromatic N) is 1. The third-order valence-corrected chi connectivity index (χ3v) is 3.97. The third-order valence-electron chi connectivity index (χ3n) is 3.97. The Bertz CT molecular complexity index is 866. The second-order valence-corrected chi connectivity index (χ2v) is 5.80. The first kappa shape index (κ1) is 17.5. The molecular weight excluding hydrogens is 326 g/mol. The summed E-state index contributed by atoms with van der Waals surface area (Å²) in [6, 6.07) is 19.5. The minimum atomic E-state index is -0.174. The van der Waals surface area contributed by atoms with E-state index in [0.717, 1.165) is 17.0 Å². The zero-order chi connectivity index (χ0) is 18.2. The molecule has 0 saturated heterocycles. The van der Waals surface area contributed by atoms with Gasteiger partial charge >= 0.3 is 0 Å². The molecule has 26 heavy (non-hydrogen) atoms. The molecule has 0 fully saturated rings. The van der Waals surface area contributed by atoms with E-state index in [4.69, 9.17) is 4.74 Å². The van der Waals surface area contributed by atoms with Gasteiger partial charge in [0.15, 0.2) is 0 Å². The maximum Gasteiger partial charge on any atom is 0.253 e. The van der Waals surface area contributed by atoms with Crippen molar-refractivity contribution in [3.05, 3.63) is 89.7 Å². The Morgan fingerprint density at radius 2 is 1.77 bits per heavy atom. The highest BCUT2D eigenvalue weighted by atomic mass is 16.5. The number of nitrogens with one attached hydrogen (secondary N) is 2. The van der Waals surface area contributed by atoms with Gasteiger partial charge in [-0.2, -0.15) is 0 Å². The summed E-state index contributed by atoms with van der Waals surface area (Å²) in [5.41, 5.74) is 3.41. The molecule has 5 heteroatoms. The Balaban J connectivity index is 1.61. The van der Waals surface area contributed by atoms with Crippen molar-refractivity contribution >= 4 is 11.6 Å². The largest absolute Gasteiger partial charge is 0.496 e. The molecular formula is C21H21N3O2. The van der Waals surface area contributed by atoms with Gasteiger partial charge in [-0.05, 0) is 17.7 Å². The van der Waals surface area contributed by atoms with Crippen LogP contribution in [-0.2, 0) is 13.1 Å². The standard InChI is InChI=1S/C21H21N3O2/c1-26-20-10-6-5-9-17(20)14-24-21(25)18-11-19(15-22-13-18)23-12-16-7-3-2-4-8-16/h2-11,13,15,23H,12,14H2,1H3,(H,24,25). The molecule has 2 aromatic carbocycles. The number of anilines is 1. The fraction of sp³-hybridized carbons (Fsp3) is 0.143. The Morgan fingerprint density at radius 1 is 1.00 bits per heavy atom. The van der Waals surface area contributed by atoms with E-state index < -0.39 is 0 Å². The number of rotatable bonds is 7. The Labute approximate surface area is 153 Å². The van der Waals surface area contributed by atoms with Crippen LogP contribution in [0.5, 0.6) is 5.75 Å². The lowest BCUT2D eigenvalue weighted by Crippen LogP contribution is -2.23. The molecule has 3 aromatic rings. The summed E-state index contributed by atoms with van der Waals surface area (Å²) >= 11 is 0. The van der Waals surface area contributed by atoms with Crippen LogP contribution in [0.1, 0.15) is 21.5 Å². The van der Waals surface area contributed by atoms with Crippen LogP contribution in [-0.4, -0.2) is 18.0 Å². The topological polar surface area (TPSA) is 63.2 Å². The molecule has 1 amide bonds. The van der Waals surface area contributed by atoms with E-state index in [9.17, 15) is 4.79 Å². The molecule has 0 saturated carbocycles. The average Bonchev–Trinajstić information content (AvgIpc) is 2.71. The van der Waals surface area contributed by atoms with Crippen LogP contribution in [0.25, 0.3) is 0 Å². The Morgan fingerprint density at radius 3 is 2.58 bits per heavy atom. The van der Waals surface area contributed by atoms with Gasteiger partial charge in [-0.3, -0.25) is 9.78 Å². The van der Waals surface area contributed by atoms with Crippen molar-refractivity contribution in [3.8, 4) is 5.75 Å². The highest BCUT2D eigenvalue weighted by molar-refractivity contribution is 5.94. The molecule has 3 rings (SSSR count). The fourth-order valence-corrected chi connectivity index (χ4v) is 2.59. The van der Waals surface area contributed by atoms with E-state index >= 15 is 0 Å². The molecule has 132 valence electrons. The predicted molar refractivity (Wildman–Crippen MR) is 102 cm³/mol. The van der Waals surface area contributed by atoms with Crippen molar-refractivity contribution in [1.82, 2.24) is 10.3 Å². The summed E-state index contributed by atoms with van der Waals surface area (Å²) in [6.45, 7) is 1.07. The van der Waals surface area contributed by atoms with Crippen LogP contribution in [0.15, 0.2) is 73.1 Å². The normalized spacial score (nSPS) is 10.2. The Hall–Kier alpha value is -3.34. The molecule has 0 aliphatic heterocycles. The van der Waals surface area contributed by atoms with Gasteiger partial charge in [0.25, 0.3) is 5.91 Å². The van der Waals surface area contributed by atoms with E-state index in [1.54, 1.807) is 25.6 Å². The summed E-state index contributed by atoms with van der Waals surface area (Å²) < 4.78 is 5.30. The minimum Gasteiger partial charge on any atom is -0.496 e. The van der Waals surface area contributed by atoms with Crippen LogP contribution in [0.4, 0.5) is 5.69 Å². The third kappa shape index (κ3) is 4.60. The van der Waals surface area contributed by atoms with Crippen molar-refractivity contribution in [2.75, 3.05) is 12.4 Å². The molecule has 1 heterocycles. The van der Waals surface area contributed by atoms with Gasteiger partial charge in [0.1, 0.15) is 5.75 Å². The van der Waals surface area contributed by atoms with Gasteiger partial charge in [-0.1, -0.05) is 48.5 Å². The van der Waals surface area contributed by atoms with Gasteiger partial charge in [0, 0.05) is 31.0 Å². The molecule has 0 aliphatic rings. The zero-order valence-electron chi connectivity index (χ0n) is 14.6. The fourth-order valence-electron chi connectivity index (χ4n) is 2.59. The van der Waals surface area contributed by atoms with Crippen molar-refractivity contribution in [2.45, 2.75) is 13.1 Å². The van der Waals surface area contributed by atoms with Crippen molar-refractivity contribution < 1.29 is 9.53 Å². The van der Waals surface area contributed by atoms with Gasteiger partial charge in [-0.15, -0.1) is 0 Å². The van der Waals surface area contributed by atoms with E-state index in [1.807, 2.05) is 54.6 Å². The molecule has 0 aliphatic carbocycles. The number of carbonyl (C=O) groups is 1. The second kappa shape index (κ2) is 8.67. The molecule has 0 spiro atoms. The molecule has 1 aromatic heterocycles. The van der Waals surface area contributed by atoms with Crippen molar-refractivity contribution in [1.29, 1.82) is 0 Å². The molecule has 5 nitrogen and oxygen atoms in total. The number of carbonyl (C=O) groups excluding carboxylic acids is 1. The summed E-state index contributed by atoms with van der Waals surface area (Å²) in [5, 5.41) is 6.19. The number of ether oxygens (including phenoxy) is 1. The zero-order valence-corrected chi connectivity index (χ0v) is 14.6. The Kier molecular flexibility index (Phi) is 5.83. The molecule has 0 atom stereocenters. The highest BCUT2D eigenvalue weighted by Gasteiger charge is 2.09. The summed E-state index contributed by atoms with van der Waals surface area (Å²) in [4.78, 5) is 16.6. The molecule has 0 unspecified atom stereocenters. The maximum atomic E-state index is 12.4. The first-order chi connectivity index (χ1) is 12.8. The van der Waals surface area contributed by atoms with Crippen LogP contribution in [0, 0.1) is 0 Å². The van der Waals surface area contributed by atoms with E-state index in [0.29, 0.717) is 18.7 Å². The lowest BCUT2D eigenvalue weighted by atomic mass is 10.2. The van der Waals surface area contributed by atoms with Crippen LogP contribution < -0.4 is 15.4 Å². The molecule has 0 bridgehead atoms. The average molecular weight is 347 g/mol. The maximum absolute atomic E-state index is 12.4. The van der Waals surface area contributed by atoms with Gasteiger partial charge < -0.3 is 15.4 Å². The lowest BCUT2D eigenvalue weighted by molar-refractivity contribution is 0.0950. The van der Waals surface area contributed by atoms with Crippen LogP contribution >= 0.6 is 0 Å². The van der Waals surface area contributed by atoms with Crippen molar-refractivity contribution in [3.63, 3.8) is 0 Å². The van der Waals surface area contributed by atoms with E-state index in [1.165, 1.54) is 5.56 Å². The summed E-state index contributed by atoms with van der Waals surface area (Å²) in [7, 11) is 1.62. The van der Waals surface area contributed by atoms with Gasteiger partial charge in [-0.25, -0.2) is 0 Å². The smallest absolute Gasteiger partial charge is 0.253 e. The minimum absolute atomic E-state index is 0.174. The number of para-hydroxylation sites is 1. The number of aromatic nitrogens is 1. The number of hydrogen-bond acceptors (Lipinski definition) is 4. The van der Waals surface area contributed by atoms with Gasteiger partial charge in [0.2, 0.25) is 0 Å². The molecule has 0 radical (unpaired) electrons. The van der Waals surface area contributed by atoms with Crippen LogP contribution in [0.2, 0.25) is 0 Å². The van der Waals surface area contributed by atoms with E-state index in [2.05, 4.69) is 15.6 Å². The van der Waals surface area contributed by atoms with E-state index in [-0.39, 0.29) is 5.91 Å². The number of benzene rings is 2. The lowest BCUT2D eigenvalue weighted by Gasteiger charge is -2.10. The SMILES string of the molecule is COc1ccccc1CNC(=O)c1cncc(NCc2ccccc2)c1. The second-order valence-electron chi connectivity index (χ2n) is 5.80. The summed E-state index contributed by atoms with van der Waals surface area (Å²) in [6.07, 6.45) is 3.27. The quantitative estimate of drug-likeness (QED) is 0.685. The summed E-state index contributed by atoms with van der Waals surface area (Å²) in [5.74, 6) is 0.580. The number of amides is 1. The van der Waals surface area contributed by atoms with Gasteiger partial charge in [0.05, 0.1) is 18.4 Å². The highest BCUT2D eigenvalue weighted by Crippen LogP contribution is 2.17. The molecule has 2 N–H and O–H groups in total. The monoisotopic (exact) mass is 347 g/mol. The van der Waals surface area contributed by atoms with Crippen LogP contribution in [0.3, 0.4) is 0 Å².